The van der Waals surface area contributed by atoms with Crippen LogP contribution in [0.3, 0.4) is 0 Å². The van der Waals surface area contributed by atoms with Crippen molar-refractivity contribution in [1.82, 2.24) is 0 Å². The van der Waals surface area contributed by atoms with E-state index in [1.54, 1.807) is 6.92 Å². The van der Waals surface area contributed by atoms with Crippen LogP contribution in [-0.4, -0.2) is 19.8 Å². The molecule has 2 nitrogen and oxygen atoms in total. The lowest BCUT2D eigenvalue weighted by Crippen LogP contribution is -2.24. The number of carbonyl (C=O) groups excluding carboxylic acids is 1. The first-order chi connectivity index (χ1) is 4.95. The summed E-state index contributed by atoms with van der Waals surface area (Å²) in [6, 6.07) is -0.497. The van der Waals surface area contributed by atoms with E-state index in [-0.39, 0.29) is 11.9 Å². The van der Waals surface area contributed by atoms with E-state index in [2.05, 4.69) is 0 Å². The highest BCUT2D eigenvalue weighted by molar-refractivity contribution is 6.11. The molecule has 3 heteroatoms. The largest absolute Gasteiger partial charge is 0.473 e. The summed E-state index contributed by atoms with van der Waals surface area (Å²) in [7, 11) is 5.29. The van der Waals surface area contributed by atoms with Crippen LogP contribution in [0.5, 0.6) is 0 Å². The molecule has 0 N–H and O–H groups in total. The molecule has 0 aliphatic rings. The van der Waals surface area contributed by atoms with E-state index in [9.17, 15) is 4.79 Å². The van der Waals surface area contributed by atoms with E-state index in [1.807, 2.05) is 20.8 Å². The van der Waals surface area contributed by atoms with Crippen LogP contribution in [0.25, 0.3) is 0 Å². The van der Waals surface area contributed by atoms with Crippen LogP contribution in [0.4, 0.5) is 0 Å². The first kappa shape index (κ1) is 10.5. The molecule has 0 bridgehead atoms. The fourth-order valence-corrected chi connectivity index (χ4v) is 0.563. The number of hydrogen-bond acceptors (Lipinski definition) is 2. The van der Waals surface area contributed by atoms with Gasteiger partial charge in [-0.3, -0.25) is 4.79 Å². The average molecular weight is 154 g/mol. The molecule has 2 radical (unpaired) electrons. The van der Waals surface area contributed by atoms with Gasteiger partial charge in [-0.25, -0.2) is 0 Å². The molecule has 2 atom stereocenters. The molecule has 0 spiro atoms. The Kier molecular flexibility index (Phi) is 4.23. The molecule has 1 unspecified atom stereocenters. The minimum absolute atomic E-state index is 0.0685. The zero-order valence-corrected chi connectivity index (χ0v) is 7.63. The number of carbonyl (C=O) groups is 1. The number of rotatable bonds is 3. The minimum Gasteiger partial charge on any atom is -0.473 e. The van der Waals surface area contributed by atoms with Gasteiger partial charge < -0.3 is 4.74 Å². The Morgan fingerprint density at radius 3 is 2.00 bits per heavy atom. The van der Waals surface area contributed by atoms with Gasteiger partial charge in [-0.2, -0.15) is 0 Å². The molecule has 0 aliphatic heterocycles. The maximum absolute atomic E-state index is 11.1. The van der Waals surface area contributed by atoms with Crippen LogP contribution in [0.1, 0.15) is 27.7 Å². The lowest BCUT2D eigenvalue weighted by atomic mass is 9.97. The third-order valence-corrected chi connectivity index (χ3v) is 1.67. The summed E-state index contributed by atoms with van der Waals surface area (Å²) in [6.45, 7) is 7.44. The molecule has 0 saturated heterocycles. The number of ether oxygens (including phenoxy) is 1. The Morgan fingerprint density at radius 2 is 1.73 bits per heavy atom. The van der Waals surface area contributed by atoms with Gasteiger partial charge in [0.25, 0.3) is 0 Å². The van der Waals surface area contributed by atoms with Crippen molar-refractivity contribution in [2.75, 3.05) is 0 Å². The Hall–Kier alpha value is -0.465. The Morgan fingerprint density at radius 1 is 1.27 bits per heavy atom. The minimum atomic E-state index is -0.497. The fourth-order valence-electron chi connectivity index (χ4n) is 0.563. The molecule has 0 saturated carbocycles. The smallest absolute Gasteiger partial charge is 0.308 e. The summed E-state index contributed by atoms with van der Waals surface area (Å²) >= 11 is 0. The second-order valence-corrected chi connectivity index (χ2v) is 3.17. The van der Waals surface area contributed by atoms with Gasteiger partial charge >= 0.3 is 5.97 Å². The van der Waals surface area contributed by atoms with Crippen molar-refractivity contribution in [2.45, 2.75) is 33.7 Å². The van der Waals surface area contributed by atoms with Crippen molar-refractivity contribution in [1.29, 1.82) is 0 Å². The highest BCUT2D eigenvalue weighted by Crippen LogP contribution is 2.11. The van der Waals surface area contributed by atoms with Crippen LogP contribution in [0, 0.1) is 11.8 Å². The highest BCUT2D eigenvalue weighted by atomic mass is 16.5. The SMILES string of the molecule is [B]C(C)OC(=O)[C@@H](C)C(C)C. The summed E-state index contributed by atoms with van der Waals surface area (Å²) in [5.41, 5.74) is 0. The van der Waals surface area contributed by atoms with E-state index in [4.69, 9.17) is 12.6 Å². The normalized spacial score (nSPS) is 16.1. The quantitative estimate of drug-likeness (QED) is 0.452. The molecular weight excluding hydrogens is 139 g/mol. The van der Waals surface area contributed by atoms with E-state index < -0.39 is 6.00 Å². The van der Waals surface area contributed by atoms with Crippen molar-refractivity contribution < 1.29 is 9.53 Å². The van der Waals surface area contributed by atoms with E-state index >= 15 is 0 Å². The van der Waals surface area contributed by atoms with Gasteiger partial charge in [0.15, 0.2) is 0 Å². The maximum atomic E-state index is 11.1. The number of esters is 1. The molecule has 0 fully saturated rings. The Labute approximate surface area is 69.7 Å². The Balaban J connectivity index is 3.83. The highest BCUT2D eigenvalue weighted by Gasteiger charge is 2.18. The van der Waals surface area contributed by atoms with E-state index in [0.29, 0.717) is 5.92 Å². The second kappa shape index (κ2) is 4.42. The van der Waals surface area contributed by atoms with Crippen LogP contribution in [0.15, 0.2) is 0 Å². The summed E-state index contributed by atoms with van der Waals surface area (Å²) in [5.74, 6) is 0.0252. The third-order valence-electron chi connectivity index (χ3n) is 1.67. The summed E-state index contributed by atoms with van der Waals surface area (Å²) in [4.78, 5) is 11.1. The topological polar surface area (TPSA) is 26.3 Å². The van der Waals surface area contributed by atoms with Gasteiger partial charge in [-0.15, -0.1) is 0 Å². The summed E-state index contributed by atoms with van der Waals surface area (Å²) in [6.07, 6.45) is 0. The predicted molar refractivity (Wildman–Crippen MR) is 45.3 cm³/mol. The van der Waals surface area contributed by atoms with Crippen molar-refractivity contribution in [3.05, 3.63) is 0 Å². The van der Waals surface area contributed by atoms with Gasteiger partial charge in [0, 0.05) is 0 Å². The van der Waals surface area contributed by atoms with Gasteiger partial charge in [-0.1, -0.05) is 20.8 Å². The van der Waals surface area contributed by atoms with Crippen LogP contribution in [-0.2, 0) is 9.53 Å². The van der Waals surface area contributed by atoms with Crippen molar-refractivity contribution in [3.63, 3.8) is 0 Å². The van der Waals surface area contributed by atoms with Gasteiger partial charge in [-0.05, 0) is 12.8 Å². The number of hydrogen-bond donors (Lipinski definition) is 0. The molecule has 0 aromatic carbocycles. The van der Waals surface area contributed by atoms with Crippen LogP contribution in [0.2, 0.25) is 0 Å². The third kappa shape index (κ3) is 4.07. The molecular formula is C8H15BO2. The Bertz CT molecular complexity index is 132. The first-order valence-corrected chi connectivity index (χ1v) is 3.91. The molecule has 0 rings (SSSR count). The maximum Gasteiger partial charge on any atom is 0.308 e. The molecule has 0 heterocycles. The summed E-state index contributed by atoms with van der Waals surface area (Å²) < 4.78 is 4.81. The lowest BCUT2D eigenvalue weighted by Gasteiger charge is -2.16. The summed E-state index contributed by atoms with van der Waals surface area (Å²) in [5, 5.41) is 0. The monoisotopic (exact) mass is 154 g/mol. The first-order valence-electron chi connectivity index (χ1n) is 3.91. The molecule has 11 heavy (non-hydrogen) atoms. The lowest BCUT2D eigenvalue weighted by molar-refractivity contribution is -0.150. The van der Waals surface area contributed by atoms with Crippen molar-refractivity contribution in [3.8, 4) is 0 Å². The molecule has 0 aromatic heterocycles. The van der Waals surface area contributed by atoms with Crippen LogP contribution < -0.4 is 0 Å². The fraction of sp³-hybridized carbons (Fsp3) is 0.875. The van der Waals surface area contributed by atoms with E-state index in [1.165, 1.54) is 0 Å². The van der Waals surface area contributed by atoms with Gasteiger partial charge in [0.05, 0.1) is 11.9 Å². The second-order valence-electron chi connectivity index (χ2n) is 3.17. The van der Waals surface area contributed by atoms with Gasteiger partial charge in [0.1, 0.15) is 7.85 Å². The zero-order chi connectivity index (χ0) is 9.02. The van der Waals surface area contributed by atoms with Crippen LogP contribution >= 0.6 is 0 Å². The molecule has 0 amide bonds. The predicted octanol–water partition coefficient (Wildman–Crippen LogP) is 1.34. The van der Waals surface area contributed by atoms with Crippen molar-refractivity contribution >= 4 is 13.8 Å². The standard InChI is InChI=1S/C8H15BO2/c1-5(2)6(3)8(10)11-7(4)9/h5-7H,1-4H3/t6-,7?/m0/s1. The molecule has 0 aromatic rings. The van der Waals surface area contributed by atoms with Crippen molar-refractivity contribution in [2.24, 2.45) is 11.8 Å². The van der Waals surface area contributed by atoms with E-state index in [0.717, 1.165) is 0 Å². The molecule has 0 aliphatic carbocycles. The molecule has 62 valence electrons. The van der Waals surface area contributed by atoms with Gasteiger partial charge in [0.2, 0.25) is 0 Å². The average Bonchev–Trinajstić information content (AvgIpc) is 1.84. The zero-order valence-electron chi connectivity index (χ0n) is 7.63.